The number of nitrogens with one attached hydrogen (secondary N) is 2. The molecule has 0 saturated carbocycles. The number of ether oxygens (including phenoxy) is 1. The zero-order valence-corrected chi connectivity index (χ0v) is 16.8. The fourth-order valence-corrected chi connectivity index (χ4v) is 4.39. The first kappa shape index (κ1) is 21.6. The minimum absolute atomic E-state index is 0.108. The molecule has 1 heterocycles. The molecule has 0 radical (unpaired) electrons. The number of quaternary nitrogens is 1. The lowest BCUT2D eigenvalue weighted by Gasteiger charge is -2.31. The van der Waals surface area contributed by atoms with Crippen molar-refractivity contribution in [3.8, 4) is 0 Å². The van der Waals surface area contributed by atoms with Gasteiger partial charge in [0.2, 0.25) is 10.0 Å². The number of halogens is 1. The maximum atomic E-state index is 12.6. The lowest BCUT2D eigenvalue weighted by Crippen LogP contribution is -3.15. The van der Waals surface area contributed by atoms with E-state index in [4.69, 9.17) is 11.6 Å². The summed E-state index contributed by atoms with van der Waals surface area (Å²) in [6.07, 6.45) is 0.797. The van der Waals surface area contributed by atoms with Crippen LogP contribution in [0.2, 0.25) is 5.02 Å². The zero-order chi connectivity index (χ0) is 19.9. The molecule has 8 nitrogen and oxygen atoms in total. The summed E-state index contributed by atoms with van der Waals surface area (Å²) in [5.41, 5.74) is 0. The summed E-state index contributed by atoms with van der Waals surface area (Å²) in [6.45, 7) is 2.53. The van der Waals surface area contributed by atoms with Crippen LogP contribution < -0.4 is 10.2 Å². The molecule has 0 aromatic heterocycles. The number of rotatable bonds is 8. The molecule has 27 heavy (non-hydrogen) atoms. The Morgan fingerprint density at radius 2 is 1.85 bits per heavy atom. The molecule has 1 fully saturated rings. The van der Waals surface area contributed by atoms with Crippen molar-refractivity contribution in [2.75, 3.05) is 46.4 Å². The summed E-state index contributed by atoms with van der Waals surface area (Å²) in [4.78, 5) is 24.2. The lowest BCUT2D eigenvalue weighted by atomic mass is 10.3. The molecular weight excluding hydrogens is 394 g/mol. The van der Waals surface area contributed by atoms with Gasteiger partial charge in [0.05, 0.1) is 38.2 Å². The maximum absolute atomic E-state index is 12.6. The molecule has 150 valence electrons. The topological polar surface area (TPSA) is 97.2 Å². The number of amides is 1. The summed E-state index contributed by atoms with van der Waals surface area (Å²) < 4.78 is 31.3. The summed E-state index contributed by atoms with van der Waals surface area (Å²) in [5.74, 6) is -0.406. The second kappa shape index (κ2) is 10.0. The van der Waals surface area contributed by atoms with Crippen LogP contribution in [-0.4, -0.2) is 71.0 Å². The van der Waals surface area contributed by atoms with Gasteiger partial charge in [-0.1, -0.05) is 11.6 Å². The number of hydrogen-bond donors (Lipinski definition) is 2. The monoisotopic (exact) mass is 418 g/mol. The molecule has 0 atom stereocenters. The van der Waals surface area contributed by atoms with E-state index in [9.17, 15) is 18.0 Å². The molecule has 1 aliphatic rings. The van der Waals surface area contributed by atoms with Crippen molar-refractivity contribution in [2.45, 2.75) is 17.7 Å². The number of benzene rings is 1. The van der Waals surface area contributed by atoms with Gasteiger partial charge in [0.25, 0.3) is 5.91 Å². The molecule has 2 rings (SSSR count). The molecular formula is C17H25ClN3O5S+. The van der Waals surface area contributed by atoms with Gasteiger partial charge in [0, 0.05) is 18.0 Å². The van der Waals surface area contributed by atoms with Gasteiger partial charge < -0.3 is 15.0 Å². The number of piperazine rings is 1. The minimum atomic E-state index is -3.54. The predicted molar refractivity (Wildman–Crippen MR) is 100 cm³/mol. The van der Waals surface area contributed by atoms with E-state index in [0.717, 1.165) is 4.90 Å². The van der Waals surface area contributed by atoms with E-state index < -0.39 is 10.0 Å². The van der Waals surface area contributed by atoms with E-state index in [0.29, 0.717) is 44.2 Å². The van der Waals surface area contributed by atoms with E-state index in [1.807, 2.05) is 0 Å². The molecule has 1 aromatic carbocycles. The van der Waals surface area contributed by atoms with Crippen molar-refractivity contribution < 1.29 is 27.6 Å². The second-order valence-corrected chi connectivity index (χ2v) is 8.69. The number of sulfonamides is 1. The predicted octanol–water partition coefficient (Wildman–Crippen LogP) is -0.701. The SMILES string of the molecule is COC(=O)CCCNC(=O)C[NH+]1CCN(S(=O)(=O)c2ccc(Cl)cc2)CC1. The third-order valence-electron chi connectivity index (χ3n) is 4.40. The number of esters is 1. The van der Waals surface area contributed by atoms with Crippen LogP contribution in [0.4, 0.5) is 0 Å². The van der Waals surface area contributed by atoms with Crippen LogP contribution >= 0.6 is 11.6 Å². The van der Waals surface area contributed by atoms with Crippen LogP contribution in [0.5, 0.6) is 0 Å². The van der Waals surface area contributed by atoms with Crippen LogP contribution in [-0.2, 0) is 24.3 Å². The zero-order valence-electron chi connectivity index (χ0n) is 15.2. The van der Waals surface area contributed by atoms with Crippen molar-refractivity contribution >= 4 is 33.5 Å². The van der Waals surface area contributed by atoms with E-state index >= 15 is 0 Å². The first-order valence-corrected chi connectivity index (χ1v) is 10.6. The van der Waals surface area contributed by atoms with Gasteiger partial charge in [-0.05, 0) is 30.7 Å². The fraction of sp³-hybridized carbons (Fsp3) is 0.529. The van der Waals surface area contributed by atoms with Gasteiger partial charge >= 0.3 is 5.97 Å². The van der Waals surface area contributed by atoms with E-state index in [1.54, 1.807) is 12.1 Å². The first-order chi connectivity index (χ1) is 12.8. The Morgan fingerprint density at radius 1 is 1.22 bits per heavy atom. The van der Waals surface area contributed by atoms with E-state index in [1.165, 1.54) is 23.5 Å². The highest BCUT2D eigenvalue weighted by Crippen LogP contribution is 2.18. The number of methoxy groups -OCH3 is 1. The van der Waals surface area contributed by atoms with Crippen molar-refractivity contribution in [3.63, 3.8) is 0 Å². The Morgan fingerprint density at radius 3 is 2.44 bits per heavy atom. The summed E-state index contributed by atoms with van der Waals surface area (Å²) in [7, 11) is -2.21. The first-order valence-electron chi connectivity index (χ1n) is 8.75. The summed E-state index contributed by atoms with van der Waals surface area (Å²) >= 11 is 5.81. The number of nitrogens with zero attached hydrogens (tertiary/aromatic N) is 1. The Labute approximate surface area is 164 Å². The molecule has 0 bridgehead atoms. The van der Waals surface area contributed by atoms with Crippen LogP contribution in [0, 0.1) is 0 Å². The van der Waals surface area contributed by atoms with E-state index in [-0.39, 0.29) is 29.7 Å². The average Bonchev–Trinajstić information content (AvgIpc) is 2.66. The lowest BCUT2D eigenvalue weighted by molar-refractivity contribution is -0.895. The van der Waals surface area contributed by atoms with Gasteiger partial charge in [-0.15, -0.1) is 0 Å². The van der Waals surface area contributed by atoms with Gasteiger partial charge in [-0.25, -0.2) is 8.42 Å². The Kier molecular flexibility index (Phi) is 8.03. The van der Waals surface area contributed by atoms with Gasteiger partial charge in [0.1, 0.15) is 0 Å². The Balaban J connectivity index is 1.75. The molecule has 0 spiro atoms. The second-order valence-electron chi connectivity index (χ2n) is 6.31. The number of hydrogen-bond acceptors (Lipinski definition) is 5. The quantitative estimate of drug-likeness (QED) is 0.430. The van der Waals surface area contributed by atoms with Gasteiger partial charge in [0.15, 0.2) is 6.54 Å². The normalized spacial score (nSPS) is 16.1. The molecule has 1 amide bonds. The average molecular weight is 419 g/mol. The fourth-order valence-electron chi connectivity index (χ4n) is 2.83. The van der Waals surface area contributed by atoms with Crippen molar-refractivity contribution in [2.24, 2.45) is 0 Å². The minimum Gasteiger partial charge on any atom is -0.469 e. The standard InChI is InChI=1S/C17H24ClN3O5S/c1-26-17(23)3-2-8-19-16(22)13-20-9-11-21(12-10-20)27(24,25)15-6-4-14(18)5-7-15/h4-7H,2-3,8-13H2,1H3,(H,19,22)/p+1. The van der Waals surface area contributed by atoms with Gasteiger partial charge in [-0.2, -0.15) is 4.31 Å². The van der Waals surface area contributed by atoms with Crippen LogP contribution in [0.3, 0.4) is 0 Å². The Hall–Kier alpha value is -1.68. The van der Waals surface area contributed by atoms with Gasteiger partial charge in [-0.3, -0.25) is 9.59 Å². The van der Waals surface area contributed by atoms with Crippen LogP contribution in [0.25, 0.3) is 0 Å². The van der Waals surface area contributed by atoms with Crippen molar-refractivity contribution in [1.29, 1.82) is 0 Å². The molecule has 10 heteroatoms. The van der Waals surface area contributed by atoms with Crippen molar-refractivity contribution in [1.82, 2.24) is 9.62 Å². The highest BCUT2D eigenvalue weighted by atomic mass is 35.5. The third kappa shape index (κ3) is 6.46. The molecule has 1 saturated heterocycles. The maximum Gasteiger partial charge on any atom is 0.305 e. The van der Waals surface area contributed by atoms with Crippen LogP contribution in [0.1, 0.15) is 12.8 Å². The molecule has 2 N–H and O–H groups in total. The molecule has 1 aliphatic heterocycles. The Bertz CT molecular complexity index is 746. The third-order valence-corrected chi connectivity index (χ3v) is 6.56. The van der Waals surface area contributed by atoms with E-state index in [2.05, 4.69) is 10.1 Å². The summed E-state index contributed by atoms with van der Waals surface area (Å²) in [6, 6.07) is 6.11. The molecule has 0 aliphatic carbocycles. The smallest absolute Gasteiger partial charge is 0.305 e. The number of carbonyl (C=O) groups is 2. The largest absolute Gasteiger partial charge is 0.469 e. The van der Waals surface area contributed by atoms with Crippen LogP contribution in [0.15, 0.2) is 29.2 Å². The molecule has 1 aromatic rings. The highest BCUT2D eigenvalue weighted by molar-refractivity contribution is 7.89. The number of carbonyl (C=O) groups excluding carboxylic acids is 2. The highest BCUT2D eigenvalue weighted by Gasteiger charge is 2.31. The summed E-state index contributed by atoms with van der Waals surface area (Å²) in [5, 5.41) is 3.26. The molecule has 0 unspecified atom stereocenters. The van der Waals surface area contributed by atoms with Crippen molar-refractivity contribution in [3.05, 3.63) is 29.3 Å².